The molecule has 15 heavy (non-hydrogen) atoms. The number of fused-ring (bicyclic) bond motifs is 1. The highest BCUT2D eigenvalue weighted by Crippen LogP contribution is 2.19. The number of aliphatic hydroxyl groups excluding tert-OH is 1. The second-order valence-corrected chi connectivity index (χ2v) is 3.29. The van der Waals surface area contributed by atoms with E-state index in [9.17, 15) is 4.79 Å². The largest absolute Gasteiger partial charge is 0.420 e. The van der Waals surface area contributed by atoms with Crippen molar-refractivity contribution in [2.45, 2.75) is 13.0 Å². The molecule has 0 aliphatic heterocycles. The van der Waals surface area contributed by atoms with Gasteiger partial charge >= 0.3 is 5.76 Å². The SMILES string of the molecule is Nc1cccc2oc(=O)n(CCCO)c12. The third-order valence-corrected chi connectivity index (χ3v) is 2.26. The van der Waals surface area contributed by atoms with Crippen LogP contribution in [0.2, 0.25) is 0 Å². The summed E-state index contributed by atoms with van der Waals surface area (Å²) in [7, 11) is 0. The number of oxazole rings is 1. The first kappa shape index (κ1) is 9.79. The molecule has 0 spiro atoms. The third kappa shape index (κ3) is 1.61. The molecular weight excluding hydrogens is 196 g/mol. The summed E-state index contributed by atoms with van der Waals surface area (Å²) in [6.45, 7) is 0.447. The van der Waals surface area contributed by atoms with Crippen LogP contribution in [0.15, 0.2) is 27.4 Å². The van der Waals surface area contributed by atoms with Crippen LogP contribution >= 0.6 is 0 Å². The Bertz CT molecular complexity index is 527. The van der Waals surface area contributed by atoms with Gasteiger partial charge in [-0.25, -0.2) is 4.79 Å². The van der Waals surface area contributed by atoms with E-state index < -0.39 is 5.76 Å². The molecule has 80 valence electrons. The van der Waals surface area contributed by atoms with E-state index in [4.69, 9.17) is 15.3 Å². The molecule has 0 aliphatic carbocycles. The van der Waals surface area contributed by atoms with Crippen LogP contribution in [0.25, 0.3) is 11.1 Å². The molecule has 1 aromatic carbocycles. The van der Waals surface area contributed by atoms with Crippen molar-refractivity contribution in [2.24, 2.45) is 0 Å². The molecular formula is C10H12N2O3. The predicted octanol–water partition coefficient (Wildman–Crippen LogP) is 0.559. The lowest BCUT2D eigenvalue weighted by atomic mass is 10.3. The smallest absolute Gasteiger partial charge is 0.408 e. The Morgan fingerprint density at radius 1 is 1.47 bits per heavy atom. The van der Waals surface area contributed by atoms with Crippen molar-refractivity contribution in [2.75, 3.05) is 12.3 Å². The Morgan fingerprint density at radius 3 is 3.00 bits per heavy atom. The van der Waals surface area contributed by atoms with Crippen molar-refractivity contribution >= 4 is 16.8 Å². The van der Waals surface area contributed by atoms with Crippen LogP contribution in [0.1, 0.15) is 6.42 Å². The molecule has 0 atom stereocenters. The number of aliphatic hydroxyl groups is 1. The zero-order valence-corrected chi connectivity index (χ0v) is 8.14. The molecule has 0 saturated carbocycles. The van der Waals surface area contributed by atoms with Crippen molar-refractivity contribution in [3.8, 4) is 0 Å². The third-order valence-electron chi connectivity index (χ3n) is 2.26. The second kappa shape index (κ2) is 3.78. The van der Waals surface area contributed by atoms with Crippen LogP contribution in [0, 0.1) is 0 Å². The van der Waals surface area contributed by atoms with Gasteiger partial charge in [-0.15, -0.1) is 0 Å². The average Bonchev–Trinajstić information content (AvgIpc) is 2.53. The Morgan fingerprint density at radius 2 is 2.27 bits per heavy atom. The van der Waals surface area contributed by atoms with Gasteiger partial charge in [0.2, 0.25) is 0 Å². The van der Waals surface area contributed by atoms with Crippen molar-refractivity contribution in [1.29, 1.82) is 0 Å². The van der Waals surface area contributed by atoms with Gasteiger partial charge in [-0.05, 0) is 18.6 Å². The van der Waals surface area contributed by atoms with Gasteiger partial charge in [0, 0.05) is 13.2 Å². The molecule has 0 fully saturated rings. The number of nitrogens with zero attached hydrogens (tertiary/aromatic N) is 1. The van der Waals surface area contributed by atoms with Crippen molar-refractivity contribution < 1.29 is 9.52 Å². The standard InChI is InChI=1S/C10H12N2O3/c11-7-3-1-4-8-9(7)12(5-2-6-13)10(14)15-8/h1,3-4,13H,2,5-6,11H2. The number of benzene rings is 1. The Hall–Kier alpha value is -1.75. The molecule has 0 radical (unpaired) electrons. The lowest BCUT2D eigenvalue weighted by Gasteiger charge is -2.01. The van der Waals surface area contributed by atoms with Gasteiger partial charge in [-0.2, -0.15) is 0 Å². The summed E-state index contributed by atoms with van der Waals surface area (Å²) in [4.78, 5) is 11.5. The summed E-state index contributed by atoms with van der Waals surface area (Å²) in [6.07, 6.45) is 0.503. The van der Waals surface area contributed by atoms with Crippen LogP contribution in [0.4, 0.5) is 5.69 Å². The summed E-state index contributed by atoms with van der Waals surface area (Å²) in [5.74, 6) is -0.434. The van der Waals surface area contributed by atoms with Gasteiger partial charge in [0.25, 0.3) is 0 Å². The minimum atomic E-state index is -0.434. The number of hydrogen-bond donors (Lipinski definition) is 2. The van der Waals surface area contributed by atoms with Gasteiger partial charge in [0.1, 0.15) is 5.52 Å². The van der Waals surface area contributed by atoms with E-state index in [-0.39, 0.29) is 6.61 Å². The Kier molecular flexibility index (Phi) is 2.47. The number of aromatic nitrogens is 1. The van der Waals surface area contributed by atoms with Crippen molar-refractivity contribution in [1.82, 2.24) is 4.57 Å². The van der Waals surface area contributed by atoms with Crippen LogP contribution in [-0.2, 0) is 6.54 Å². The summed E-state index contributed by atoms with van der Waals surface area (Å²) in [5, 5.41) is 8.72. The fourth-order valence-corrected chi connectivity index (χ4v) is 1.58. The molecule has 5 heteroatoms. The Balaban J connectivity index is 2.61. The number of hydrogen-bond acceptors (Lipinski definition) is 4. The van der Waals surface area contributed by atoms with E-state index in [0.29, 0.717) is 29.8 Å². The van der Waals surface area contributed by atoms with E-state index >= 15 is 0 Å². The maximum atomic E-state index is 11.5. The lowest BCUT2D eigenvalue weighted by molar-refractivity contribution is 0.278. The average molecular weight is 208 g/mol. The predicted molar refractivity (Wildman–Crippen MR) is 56.6 cm³/mol. The summed E-state index contributed by atoms with van der Waals surface area (Å²) in [5.41, 5.74) is 7.36. The summed E-state index contributed by atoms with van der Waals surface area (Å²) in [6, 6.07) is 5.15. The fourth-order valence-electron chi connectivity index (χ4n) is 1.58. The van der Waals surface area contributed by atoms with Crippen LogP contribution in [0.3, 0.4) is 0 Å². The molecule has 5 nitrogen and oxygen atoms in total. The van der Waals surface area contributed by atoms with E-state index in [0.717, 1.165) is 0 Å². The van der Waals surface area contributed by atoms with Gasteiger partial charge < -0.3 is 15.3 Å². The van der Waals surface area contributed by atoms with Crippen LogP contribution in [0.5, 0.6) is 0 Å². The number of nitrogen functional groups attached to an aromatic ring is 1. The Labute approximate surface area is 85.7 Å². The normalized spacial score (nSPS) is 11.0. The number of rotatable bonds is 3. The topological polar surface area (TPSA) is 81.4 Å². The molecule has 1 aromatic heterocycles. The fraction of sp³-hybridized carbons (Fsp3) is 0.300. The molecule has 0 saturated heterocycles. The zero-order chi connectivity index (χ0) is 10.8. The van der Waals surface area contributed by atoms with Gasteiger partial charge in [-0.1, -0.05) is 6.07 Å². The summed E-state index contributed by atoms with van der Waals surface area (Å²) < 4.78 is 6.47. The first-order valence-electron chi connectivity index (χ1n) is 4.72. The monoisotopic (exact) mass is 208 g/mol. The molecule has 2 rings (SSSR count). The van der Waals surface area contributed by atoms with E-state index in [1.165, 1.54) is 4.57 Å². The number of para-hydroxylation sites is 1. The maximum Gasteiger partial charge on any atom is 0.420 e. The van der Waals surface area contributed by atoms with Gasteiger partial charge in [0.05, 0.1) is 5.69 Å². The minimum Gasteiger partial charge on any atom is -0.408 e. The van der Waals surface area contributed by atoms with Crippen LogP contribution in [-0.4, -0.2) is 16.3 Å². The van der Waals surface area contributed by atoms with E-state index in [2.05, 4.69) is 0 Å². The zero-order valence-electron chi connectivity index (χ0n) is 8.14. The highest BCUT2D eigenvalue weighted by Gasteiger charge is 2.10. The highest BCUT2D eigenvalue weighted by atomic mass is 16.4. The number of aryl methyl sites for hydroxylation is 1. The lowest BCUT2D eigenvalue weighted by Crippen LogP contribution is -2.15. The number of anilines is 1. The maximum absolute atomic E-state index is 11.5. The quantitative estimate of drug-likeness (QED) is 0.722. The van der Waals surface area contributed by atoms with E-state index in [1.807, 2.05) is 0 Å². The molecule has 3 N–H and O–H groups in total. The van der Waals surface area contributed by atoms with Crippen molar-refractivity contribution in [3.63, 3.8) is 0 Å². The second-order valence-electron chi connectivity index (χ2n) is 3.29. The minimum absolute atomic E-state index is 0.0336. The molecule has 0 bridgehead atoms. The molecule has 2 aromatic rings. The molecule has 0 aliphatic rings. The molecule has 1 heterocycles. The first-order chi connectivity index (χ1) is 7.24. The first-order valence-corrected chi connectivity index (χ1v) is 4.72. The van der Waals surface area contributed by atoms with Gasteiger partial charge in [0.15, 0.2) is 5.58 Å². The molecule has 0 unspecified atom stereocenters. The molecule has 0 amide bonds. The number of nitrogens with two attached hydrogens (primary N) is 1. The van der Waals surface area contributed by atoms with Crippen molar-refractivity contribution in [3.05, 3.63) is 28.7 Å². The van der Waals surface area contributed by atoms with Crippen LogP contribution < -0.4 is 11.5 Å². The van der Waals surface area contributed by atoms with Gasteiger partial charge in [-0.3, -0.25) is 4.57 Å². The highest BCUT2D eigenvalue weighted by molar-refractivity contribution is 5.85. The summed E-state index contributed by atoms with van der Waals surface area (Å²) >= 11 is 0. The van der Waals surface area contributed by atoms with E-state index in [1.54, 1.807) is 18.2 Å².